The van der Waals surface area contributed by atoms with Crippen molar-refractivity contribution in [2.45, 2.75) is 25.5 Å². The van der Waals surface area contributed by atoms with E-state index in [-0.39, 0.29) is 23.7 Å². The smallest absolute Gasteiger partial charge is 0.274 e. The Morgan fingerprint density at radius 2 is 2.00 bits per heavy atom. The summed E-state index contributed by atoms with van der Waals surface area (Å²) in [6, 6.07) is 12.3. The van der Waals surface area contributed by atoms with Crippen molar-refractivity contribution in [2.24, 2.45) is 5.92 Å². The van der Waals surface area contributed by atoms with Gasteiger partial charge in [0.15, 0.2) is 0 Å². The molecule has 24 heavy (non-hydrogen) atoms. The first-order valence-corrected chi connectivity index (χ1v) is 8.10. The molecule has 2 aromatic rings. The van der Waals surface area contributed by atoms with E-state index in [2.05, 4.69) is 5.10 Å². The normalized spacial score (nSPS) is 15.1. The molecule has 0 aliphatic heterocycles. The lowest BCUT2D eigenvalue weighted by molar-refractivity contribution is 0.0638. The highest BCUT2D eigenvalue weighted by atomic mass is 16.3. The molecular formula is C18H21N3O3. The Morgan fingerprint density at radius 3 is 2.67 bits per heavy atom. The van der Waals surface area contributed by atoms with Gasteiger partial charge < -0.3 is 10.0 Å². The average Bonchev–Trinajstić information content (AvgIpc) is 3.42. The first kappa shape index (κ1) is 16.4. The number of rotatable bonds is 6. The molecule has 1 N–H and O–H groups in total. The molecule has 1 amide bonds. The molecule has 1 unspecified atom stereocenters. The molecule has 1 aliphatic carbocycles. The van der Waals surface area contributed by atoms with Crippen molar-refractivity contribution in [3.8, 4) is 0 Å². The van der Waals surface area contributed by atoms with E-state index in [1.807, 2.05) is 30.3 Å². The van der Waals surface area contributed by atoms with E-state index in [0.717, 1.165) is 18.4 Å². The fourth-order valence-corrected chi connectivity index (χ4v) is 2.62. The van der Waals surface area contributed by atoms with Crippen LogP contribution in [-0.4, -0.2) is 45.4 Å². The fourth-order valence-electron chi connectivity index (χ4n) is 2.62. The fraction of sp³-hybridized carbons (Fsp3) is 0.389. The highest BCUT2D eigenvalue weighted by Crippen LogP contribution is 2.32. The Bertz CT molecular complexity index is 769. The summed E-state index contributed by atoms with van der Waals surface area (Å²) in [6.45, 7) is 0.595. The number of likely N-dealkylation sites (N-methyl/N-ethyl adjacent to an activating group) is 1. The van der Waals surface area contributed by atoms with Crippen LogP contribution in [0.4, 0.5) is 0 Å². The number of nitrogens with zero attached hydrogens (tertiary/aromatic N) is 3. The molecule has 0 saturated heterocycles. The van der Waals surface area contributed by atoms with Crippen molar-refractivity contribution < 1.29 is 9.90 Å². The molecule has 1 fully saturated rings. The van der Waals surface area contributed by atoms with Crippen LogP contribution in [0.3, 0.4) is 0 Å². The third-order valence-corrected chi connectivity index (χ3v) is 4.23. The number of carbonyl (C=O) groups excluding carboxylic acids is 1. The average molecular weight is 327 g/mol. The number of aliphatic hydroxyl groups excluding tert-OH is 1. The van der Waals surface area contributed by atoms with E-state index in [1.54, 1.807) is 7.05 Å². The number of benzene rings is 1. The second kappa shape index (κ2) is 6.97. The predicted molar refractivity (Wildman–Crippen MR) is 89.7 cm³/mol. The van der Waals surface area contributed by atoms with Crippen LogP contribution in [0, 0.1) is 5.92 Å². The molecule has 1 atom stereocenters. The predicted octanol–water partition coefficient (Wildman–Crippen LogP) is 1.13. The summed E-state index contributed by atoms with van der Waals surface area (Å²) in [6.07, 6.45) is 1.54. The third kappa shape index (κ3) is 3.89. The molecule has 126 valence electrons. The molecule has 1 aliphatic rings. The van der Waals surface area contributed by atoms with Crippen LogP contribution >= 0.6 is 0 Å². The maximum Gasteiger partial charge on any atom is 0.274 e. The summed E-state index contributed by atoms with van der Waals surface area (Å²) in [4.78, 5) is 25.9. The zero-order valence-electron chi connectivity index (χ0n) is 13.6. The van der Waals surface area contributed by atoms with E-state index >= 15 is 0 Å². The van der Waals surface area contributed by atoms with Gasteiger partial charge in [-0.05, 0) is 30.4 Å². The maximum atomic E-state index is 12.5. The lowest BCUT2D eigenvalue weighted by atomic mass is 10.2. The SMILES string of the molecule is CN(CC(O)C1CC1)C(=O)c1ccc(=O)n(Cc2ccccc2)n1. The van der Waals surface area contributed by atoms with Crippen molar-refractivity contribution in [1.29, 1.82) is 0 Å². The Kier molecular flexibility index (Phi) is 4.76. The van der Waals surface area contributed by atoms with E-state index in [1.165, 1.54) is 21.7 Å². The maximum absolute atomic E-state index is 12.5. The summed E-state index contributed by atoms with van der Waals surface area (Å²) >= 11 is 0. The van der Waals surface area contributed by atoms with Gasteiger partial charge in [-0.25, -0.2) is 4.68 Å². The first-order chi connectivity index (χ1) is 11.5. The topological polar surface area (TPSA) is 75.4 Å². The number of carbonyl (C=O) groups is 1. The summed E-state index contributed by atoms with van der Waals surface area (Å²) in [5, 5.41) is 14.2. The van der Waals surface area contributed by atoms with E-state index < -0.39 is 6.10 Å². The van der Waals surface area contributed by atoms with Gasteiger partial charge in [-0.2, -0.15) is 5.10 Å². The van der Waals surface area contributed by atoms with Gasteiger partial charge in [0.25, 0.3) is 11.5 Å². The highest BCUT2D eigenvalue weighted by molar-refractivity contribution is 5.91. The standard InChI is InChI=1S/C18H21N3O3/c1-20(12-16(22)14-7-8-14)18(24)15-9-10-17(23)21(19-15)11-13-5-3-2-4-6-13/h2-6,9-10,14,16,22H,7-8,11-12H2,1H3. The molecule has 1 saturated carbocycles. The Balaban J connectivity index is 1.74. The summed E-state index contributed by atoms with van der Waals surface area (Å²) < 4.78 is 1.29. The number of aromatic nitrogens is 2. The minimum absolute atomic E-state index is 0.205. The van der Waals surface area contributed by atoms with Gasteiger partial charge >= 0.3 is 0 Å². The van der Waals surface area contributed by atoms with Crippen molar-refractivity contribution in [3.05, 3.63) is 64.1 Å². The van der Waals surface area contributed by atoms with Gasteiger partial charge in [0, 0.05) is 19.7 Å². The van der Waals surface area contributed by atoms with Gasteiger partial charge in [0.2, 0.25) is 0 Å². The molecule has 3 rings (SSSR count). The molecule has 0 radical (unpaired) electrons. The number of hydrogen-bond acceptors (Lipinski definition) is 4. The van der Waals surface area contributed by atoms with E-state index in [4.69, 9.17) is 0 Å². The zero-order chi connectivity index (χ0) is 17.1. The van der Waals surface area contributed by atoms with Crippen molar-refractivity contribution in [3.63, 3.8) is 0 Å². The second-order valence-corrected chi connectivity index (χ2v) is 6.29. The highest BCUT2D eigenvalue weighted by Gasteiger charge is 2.31. The molecule has 0 bridgehead atoms. The summed E-state index contributed by atoms with van der Waals surface area (Å²) in [5.41, 5.74) is 0.890. The van der Waals surface area contributed by atoms with E-state index in [9.17, 15) is 14.7 Å². The van der Waals surface area contributed by atoms with Crippen molar-refractivity contribution in [2.75, 3.05) is 13.6 Å². The lowest BCUT2D eigenvalue weighted by Crippen LogP contribution is -2.37. The minimum atomic E-state index is -0.492. The number of hydrogen-bond donors (Lipinski definition) is 1. The zero-order valence-corrected chi connectivity index (χ0v) is 13.6. The first-order valence-electron chi connectivity index (χ1n) is 8.10. The van der Waals surface area contributed by atoms with Crippen molar-refractivity contribution >= 4 is 5.91 Å². The molecule has 1 heterocycles. The Hall–Kier alpha value is -2.47. The summed E-state index contributed by atoms with van der Waals surface area (Å²) in [7, 11) is 1.64. The van der Waals surface area contributed by atoms with Crippen LogP contribution in [0.1, 0.15) is 28.9 Å². The monoisotopic (exact) mass is 327 g/mol. The minimum Gasteiger partial charge on any atom is -0.391 e. The van der Waals surface area contributed by atoms with Gasteiger partial charge in [-0.1, -0.05) is 30.3 Å². The van der Waals surface area contributed by atoms with Crippen molar-refractivity contribution in [1.82, 2.24) is 14.7 Å². The van der Waals surface area contributed by atoms with Gasteiger partial charge in [0.1, 0.15) is 5.69 Å². The number of aliphatic hydroxyl groups is 1. The van der Waals surface area contributed by atoms with Crippen LogP contribution in [0.2, 0.25) is 0 Å². The van der Waals surface area contributed by atoms with Crippen LogP contribution in [0.5, 0.6) is 0 Å². The molecule has 0 spiro atoms. The Labute approximate surface area is 140 Å². The summed E-state index contributed by atoms with van der Waals surface area (Å²) in [5.74, 6) is 0.0109. The molecule has 6 heteroatoms. The van der Waals surface area contributed by atoms with Gasteiger partial charge in [0.05, 0.1) is 12.6 Å². The van der Waals surface area contributed by atoms with Crippen LogP contribution in [0.25, 0.3) is 0 Å². The molecule has 6 nitrogen and oxygen atoms in total. The Morgan fingerprint density at radius 1 is 1.29 bits per heavy atom. The second-order valence-electron chi connectivity index (χ2n) is 6.29. The van der Waals surface area contributed by atoms with Crippen LogP contribution < -0.4 is 5.56 Å². The molecular weight excluding hydrogens is 306 g/mol. The van der Waals surface area contributed by atoms with Gasteiger partial charge in [-0.15, -0.1) is 0 Å². The lowest BCUT2D eigenvalue weighted by Gasteiger charge is -2.20. The number of amides is 1. The van der Waals surface area contributed by atoms with Crippen LogP contribution in [-0.2, 0) is 6.54 Å². The molecule has 1 aromatic heterocycles. The molecule has 1 aromatic carbocycles. The van der Waals surface area contributed by atoms with Crippen LogP contribution in [0.15, 0.2) is 47.3 Å². The van der Waals surface area contributed by atoms with E-state index in [0.29, 0.717) is 12.5 Å². The third-order valence-electron chi connectivity index (χ3n) is 4.23. The quantitative estimate of drug-likeness (QED) is 0.863. The largest absolute Gasteiger partial charge is 0.391 e. The van der Waals surface area contributed by atoms with Gasteiger partial charge in [-0.3, -0.25) is 9.59 Å².